The molecule has 2 aromatic rings. The summed E-state index contributed by atoms with van der Waals surface area (Å²) in [5.41, 5.74) is 6.87. The van der Waals surface area contributed by atoms with Crippen molar-refractivity contribution in [3.8, 4) is 0 Å². The molecule has 20 heavy (non-hydrogen) atoms. The average Bonchev–Trinajstić information content (AvgIpc) is 2.38. The van der Waals surface area contributed by atoms with Crippen molar-refractivity contribution < 1.29 is 4.79 Å². The van der Waals surface area contributed by atoms with Crippen molar-refractivity contribution >= 4 is 72.3 Å². The maximum absolute atomic E-state index is 12.3. The van der Waals surface area contributed by atoms with Gasteiger partial charge in [-0.1, -0.05) is 29.3 Å². The number of anilines is 2. The van der Waals surface area contributed by atoms with E-state index < -0.39 is 5.91 Å². The minimum Gasteiger partial charge on any atom is -0.399 e. The van der Waals surface area contributed by atoms with E-state index in [0.717, 1.165) is 8.95 Å². The molecule has 0 radical (unpaired) electrons. The third kappa shape index (κ3) is 3.28. The van der Waals surface area contributed by atoms with Gasteiger partial charge in [0.2, 0.25) is 0 Å². The lowest BCUT2D eigenvalue weighted by molar-refractivity contribution is 0.102. The van der Waals surface area contributed by atoms with Crippen molar-refractivity contribution in [2.45, 2.75) is 0 Å². The molecule has 0 spiro atoms. The molecule has 0 aromatic heterocycles. The maximum atomic E-state index is 12.3. The number of benzene rings is 2. The van der Waals surface area contributed by atoms with Crippen LogP contribution in [0, 0.1) is 0 Å². The van der Waals surface area contributed by atoms with E-state index in [-0.39, 0.29) is 15.6 Å². The number of hydrogen-bond donors (Lipinski definition) is 2. The minimum absolute atomic E-state index is 0.168. The molecule has 3 N–H and O–H groups in total. The molecule has 2 rings (SSSR count). The van der Waals surface area contributed by atoms with Crippen LogP contribution in [0.1, 0.15) is 10.4 Å². The normalized spacial score (nSPS) is 10.4. The molecule has 0 heterocycles. The zero-order valence-electron chi connectivity index (χ0n) is 9.88. The molecule has 0 aliphatic carbocycles. The predicted octanol–water partition coefficient (Wildman–Crippen LogP) is 5.35. The van der Waals surface area contributed by atoms with Crippen LogP contribution in [0.15, 0.2) is 39.3 Å². The fraction of sp³-hybridized carbons (Fsp3) is 0. The van der Waals surface area contributed by atoms with Crippen molar-refractivity contribution in [1.29, 1.82) is 0 Å². The van der Waals surface area contributed by atoms with Gasteiger partial charge in [-0.25, -0.2) is 0 Å². The Kier molecular flexibility index (Phi) is 4.96. The summed E-state index contributed by atoms with van der Waals surface area (Å²) in [7, 11) is 0. The molecule has 0 fully saturated rings. The molecule has 0 bridgehead atoms. The Bertz CT molecular complexity index is 672. The second-order valence-electron chi connectivity index (χ2n) is 3.92. The number of nitrogen functional groups attached to an aromatic ring is 1. The first-order valence-corrected chi connectivity index (χ1v) is 7.74. The average molecular weight is 439 g/mol. The van der Waals surface area contributed by atoms with Crippen molar-refractivity contribution in [2.24, 2.45) is 0 Å². The van der Waals surface area contributed by atoms with Crippen LogP contribution in [0.3, 0.4) is 0 Å². The zero-order valence-corrected chi connectivity index (χ0v) is 14.6. The Morgan fingerprint density at radius 2 is 1.75 bits per heavy atom. The first-order valence-electron chi connectivity index (χ1n) is 5.40. The fourth-order valence-electron chi connectivity index (χ4n) is 1.57. The van der Waals surface area contributed by atoms with E-state index >= 15 is 0 Å². The summed E-state index contributed by atoms with van der Waals surface area (Å²) in [4.78, 5) is 12.3. The standard InChI is InChI=1S/C13H8Br2Cl2N2O/c14-8-2-1-3-9(15)12(8)19-13(20)7-4-6(18)5-10(16)11(7)17/h1-5H,18H2,(H,19,20). The summed E-state index contributed by atoms with van der Waals surface area (Å²) >= 11 is 18.7. The molecule has 0 aliphatic heterocycles. The van der Waals surface area contributed by atoms with E-state index in [1.807, 2.05) is 18.2 Å². The van der Waals surface area contributed by atoms with Crippen LogP contribution >= 0.6 is 55.1 Å². The summed E-state index contributed by atoms with van der Waals surface area (Å²) in [6.45, 7) is 0. The molecule has 3 nitrogen and oxygen atoms in total. The van der Waals surface area contributed by atoms with Crippen LogP contribution in [0.25, 0.3) is 0 Å². The first kappa shape index (κ1) is 15.6. The van der Waals surface area contributed by atoms with Crippen LogP contribution in [0.2, 0.25) is 10.0 Å². The Balaban J connectivity index is 2.39. The number of halogens is 4. The highest BCUT2D eigenvalue weighted by atomic mass is 79.9. The second-order valence-corrected chi connectivity index (χ2v) is 6.41. The Hall–Kier alpha value is -0.750. The van der Waals surface area contributed by atoms with Gasteiger partial charge < -0.3 is 11.1 Å². The summed E-state index contributed by atoms with van der Waals surface area (Å²) in [6, 6.07) is 8.44. The number of nitrogens with two attached hydrogens (primary N) is 1. The number of rotatable bonds is 2. The largest absolute Gasteiger partial charge is 0.399 e. The maximum Gasteiger partial charge on any atom is 0.257 e. The fourth-order valence-corrected chi connectivity index (χ4v) is 3.19. The lowest BCUT2D eigenvalue weighted by atomic mass is 10.2. The van der Waals surface area contributed by atoms with Crippen molar-refractivity contribution in [2.75, 3.05) is 11.1 Å². The number of amides is 1. The van der Waals surface area contributed by atoms with Gasteiger partial charge in [-0.2, -0.15) is 0 Å². The number of hydrogen-bond acceptors (Lipinski definition) is 2. The van der Waals surface area contributed by atoms with Crippen LogP contribution in [0.4, 0.5) is 11.4 Å². The molecular formula is C13H8Br2Cl2N2O. The smallest absolute Gasteiger partial charge is 0.257 e. The molecule has 0 saturated carbocycles. The SMILES string of the molecule is Nc1cc(Cl)c(Cl)c(C(=O)Nc2c(Br)cccc2Br)c1. The van der Waals surface area contributed by atoms with Crippen LogP contribution < -0.4 is 11.1 Å². The predicted molar refractivity (Wildman–Crippen MR) is 90.7 cm³/mol. The number of carbonyl (C=O) groups is 1. The highest BCUT2D eigenvalue weighted by Gasteiger charge is 2.16. The van der Waals surface area contributed by atoms with Gasteiger partial charge in [-0.05, 0) is 56.1 Å². The third-order valence-electron chi connectivity index (χ3n) is 2.50. The van der Waals surface area contributed by atoms with Gasteiger partial charge in [0.05, 0.1) is 21.3 Å². The van der Waals surface area contributed by atoms with Gasteiger partial charge in [-0.3, -0.25) is 4.79 Å². The minimum atomic E-state index is -0.392. The number of nitrogens with one attached hydrogen (secondary N) is 1. The molecule has 1 amide bonds. The van der Waals surface area contributed by atoms with E-state index in [0.29, 0.717) is 11.4 Å². The lowest BCUT2D eigenvalue weighted by Gasteiger charge is -2.11. The molecule has 0 aliphatic rings. The molecule has 2 aromatic carbocycles. The first-order chi connectivity index (χ1) is 9.40. The number of para-hydroxylation sites is 1. The summed E-state index contributed by atoms with van der Waals surface area (Å²) in [6.07, 6.45) is 0. The summed E-state index contributed by atoms with van der Waals surface area (Å²) in [5.74, 6) is -0.392. The van der Waals surface area contributed by atoms with E-state index in [2.05, 4.69) is 37.2 Å². The van der Waals surface area contributed by atoms with Crippen LogP contribution in [-0.4, -0.2) is 5.91 Å². The molecule has 7 heteroatoms. The van der Waals surface area contributed by atoms with Gasteiger partial charge >= 0.3 is 0 Å². The lowest BCUT2D eigenvalue weighted by Crippen LogP contribution is -2.14. The summed E-state index contributed by atoms with van der Waals surface area (Å²) in [5, 5.41) is 3.17. The summed E-state index contributed by atoms with van der Waals surface area (Å²) < 4.78 is 1.48. The monoisotopic (exact) mass is 436 g/mol. The van der Waals surface area contributed by atoms with Gasteiger partial charge in [0.15, 0.2) is 0 Å². The van der Waals surface area contributed by atoms with Crippen LogP contribution in [-0.2, 0) is 0 Å². The van der Waals surface area contributed by atoms with Crippen molar-refractivity contribution in [3.05, 3.63) is 54.9 Å². The van der Waals surface area contributed by atoms with Crippen molar-refractivity contribution in [3.63, 3.8) is 0 Å². The second kappa shape index (κ2) is 6.35. The molecule has 104 valence electrons. The van der Waals surface area contributed by atoms with E-state index in [1.165, 1.54) is 12.1 Å². The molecule has 0 saturated heterocycles. The van der Waals surface area contributed by atoms with Crippen molar-refractivity contribution in [1.82, 2.24) is 0 Å². The molecule has 0 atom stereocenters. The van der Waals surface area contributed by atoms with Gasteiger partial charge in [0, 0.05) is 14.6 Å². The van der Waals surface area contributed by atoms with E-state index in [4.69, 9.17) is 28.9 Å². The zero-order chi connectivity index (χ0) is 14.9. The quantitative estimate of drug-likeness (QED) is 0.621. The number of carbonyl (C=O) groups excluding carboxylic acids is 1. The Morgan fingerprint density at radius 3 is 2.35 bits per heavy atom. The van der Waals surface area contributed by atoms with Gasteiger partial charge in [0.25, 0.3) is 5.91 Å². The van der Waals surface area contributed by atoms with Gasteiger partial charge in [0.1, 0.15) is 0 Å². The highest BCUT2D eigenvalue weighted by Crippen LogP contribution is 2.33. The van der Waals surface area contributed by atoms with E-state index in [9.17, 15) is 4.79 Å². The highest BCUT2D eigenvalue weighted by molar-refractivity contribution is 9.11. The molecular weight excluding hydrogens is 431 g/mol. The third-order valence-corrected chi connectivity index (χ3v) is 4.62. The van der Waals surface area contributed by atoms with Gasteiger partial charge in [-0.15, -0.1) is 0 Å². The topological polar surface area (TPSA) is 55.1 Å². The Labute approximate surface area is 142 Å². The van der Waals surface area contributed by atoms with E-state index in [1.54, 1.807) is 0 Å². The molecule has 0 unspecified atom stereocenters. The van der Waals surface area contributed by atoms with Crippen LogP contribution in [0.5, 0.6) is 0 Å². The Morgan fingerprint density at radius 1 is 1.15 bits per heavy atom.